The molecule has 0 aliphatic heterocycles. The quantitative estimate of drug-likeness (QED) is 0.261. The Kier molecular flexibility index (Phi) is 15.5. The van der Waals surface area contributed by atoms with E-state index in [9.17, 15) is 4.79 Å². The molecule has 0 radical (unpaired) electrons. The lowest BCUT2D eigenvalue weighted by atomic mass is 10.1. The highest BCUT2D eigenvalue weighted by Crippen LogP contribution is 2.06. The normalized spacial score (nSPS) is 11.1. The van der Waals surface area contributed by atoms with Crippen molar-refractivity contribution >= 4 is 5.91 Å². The van der Waals surface area contributed by atoms with E-state index in [-0.39, 0.29) is 5.91 Å². The Bertz CT molecular complexity index is 243. The number of allylic oxidation sites excluding steroid dienone is 1. The van der Waals surface area contributed by atoms with Crippen molar-refractivity contribution < 1.29 is 9.90 Å². The highest BCUT2D eigenvalue weighted by Gasteiger charge is 1.96. The van der Waals surface area contributed by atoms with Gasteiger partial charge < -0.3 is 10.4 Å². The molecule has 0 spiro atoms. The molecule has 0 unspecified atom stereocenters. The molecular formula is C16H32N2O2. The van der Waals surface area contributed by atoms with E-state index in [0.29, 0.717) is 19.7 Å². The Morgan fingerprint density at radius 3 is 2.30 bits per heavy atom. The third-order valence-corrected chi connectivity index (χ3v) is 3.13. The van der Waals surface area contributed by atoms with E-state index in [1.54, 1.807) is 0 Å². The highest BCUT2D eigenvalue weighted by molar-refractivity contribution is 5.77. The van der Waals surface area contributed by atoms with Crippen LogP contribution < -0.4 is 10.6 Å². The van der Waals surface area contributed by atoms with Crippen molar-refractivity contribution in [3.05, 3.63) is 12.2 Å². The zero-order chi connectivity index (χ0) is 14.9. The van der Waals surface area contributed by atoms with E-state index in [1.807, 2.05) is 12.2 Å². The number of rotatable bonds is 14. The van der Waals surface area contributed by atoms with Crippen LogP contribution in [0.15, 0.2) is 12.2 Å². The number of carbonyl (C=O) groups excluding carboxylic acids is 1. The molecule has 0 aliphatic rings. The molecule has 0 rings (SSSR count). The molecule has 3 N–H and O–H groups in total. The van der Waals surface area contributed by atoms with Gasteiger partial charge in [-0.3, -0.25) is 10.1 Å². The number of nitrogens with one attached hydrogen (secondary N) is 2. The number of unbranched alkanes of at least 4 members (excludes halogenated alkanes) is 6. The summed E-state index contributed by atoms with van der Waals surface area (Å²) in [5.41, 5.74) is 0. The molecular weight excluding hydrogens is 252 g/mol. The predicted molar refractivity (Wildman–Crippen MR) is 84.5 cm³/mol. The second-order valence-electron chi connectivity index (χ2n) is 5.06. The molecule has 0 bridgehead atoms. The zero-order valence-corrected chi connectivity index (χ0v) is 13.0. The van der Waals surface area contributed by atoms with Crippen LogP contribution in [0.25, 0.3) is 0 Å². The van der Waals surface area contributed by atoms with Crippen molar-refractivity contribution in [1.82, 2.24) is 10.6 Å². The lowest BCUT2D eigenvalue weighted by Gasteiger charge is -2.06. The number of aliphatic hydroxyl groups excluding tert-OH is 1. The molecule has 0 heterocycles. The average Bonchev–Trinajstić information content (AvgIpc) is 2.45. The molecule has 0 atom stereocenters. The largest absolute Gasteiger partial charge is 0.396 e. The smallest absolute Gasteiger partial charge is 0.224 e. The number of carbonyl (C=O) groups is 1. The van der Waals surface area contributed by atoms with Crippen LogP contribution in [0.1, 0.15) is 64.7 Å². The summed E-state index contributed by atoms with van der Waals surface area (Å²) in [6.07, 6.45) is 13.6. The first kappa shape index (κ1) is 19.1. The molecule has 20 heavy (non-hydrogen) atoms. The first-order valence-corrected chi connectivity index (χ1v) is 8.04. The van der Waals surface area contributed by atoms with Crippen LogP contribution in [-0.4, -0.2) is 30.8 Å². The van der Waals surface area contributed by atoms with Gasteiger partial charge in [-0.25, -0.2) is 0 Å². The van der Waals surface area contributed by atoms with Gasteiger partial charge in [-0.15, -0.1) is 0 Å². The number of amides is 1. The molecule has 0 aromatic carbocycles. The topological polar surface area (TPSA) is 61.4 Å². The first-order chi connectivity index (χ1) is 9.81. The summed E-state index contributed by atoms with van der Waals surface area (Å²) < 4.78 is 0. The van der Waals surface area contributed by atoms with Crippen molar-refractivity contribution in [1.29, 1.82) is 0 Å². The van der Waals surface area contributed by atoms with Crippen LogP contribution in [-0.2, 0) is 4.79 Å². The van der Waals surface area contributed by atoms with Gasteiger partial charge in [-0.1, -0.05) is 51.2 Å². The monoisotopic (exact) mass is 284 g/mol. The summed E-state index contributed by atoms with van der Waals surface area (Å²) in [5.74, 6) is 0.0751. The van der Waals surface area contributed by atoms with Crippen LogP contribution in [0.5, 0.6) is 0 Å². The second kappa shape index (κ2) is 16.2. The van der Waals surface area contributed by atoms with Gasteiger partial charge in [0.05, 0.1) is 6.67 Å². The molecule has 0 saturated heterocycles. The third-order valence-electron chi connectivity index (χ3n) is 3.13. The minimum absolute atomic E-state index is 0.0751. The fourth-order valence-corrected chi connectivity index (χ4v) is 1.92. The third kappa shape index (κ3) is 15.2. The molecule has 0 fully saturated rings. The maximum atomic E-state index is 11.4. The Morgan fingerprint density at radius 2 is 1.65 bits per heavy atom. The molecule has 1 amide bonds. The standard InChI is InChI=1S/C16H32N2O2/c1-2-3-9-12-16(20)18-15-17-13-10-7-5-4-6-8-11-14-19/h3,9,17,19H,2,4-8,10-15H2,1H3,(H,18,20)/b9-3+. The van der Waals surface area contributed by atoms with Gasteiger partial charge in [0.15, 0.2) is 0 Å². The molecule has 0 aromatic rings. The molecule has 0 saturated carbocycles. The molecule has 118 valence electrons. The molecule has 0 aromatic heterocycles. The van der Waals surface area contributed by atoms with Crippen LogP contribution in [0.2, 0.25) is 0 Å². The lowest BCUT2D eigenvalue weighted by Crippen LogP contribution is -2.33. The minimum atomic E-state index is 0.0751. The minimum Gasteiger partial charge on any atom is -0.396 e. The Balaban J connectivity index is 3.12. The van der Waals surface area contributed by atoms with E-state index in [0.717, 1.165) is 32.2 Å². The maximum Gasteiger partial charge on any atom is 0.224 e. The van der Waals surface area contributed by atoms with Crippen molar-refractivity contribution in [2.45, 2.75) is 64.7 Å². The van der Waals surface area contributed by atoms with Gasteiger partial charge in [0, 0.05) is 13.0 Å². The Labute approximate surface area is 124 Å². The van der Waals surface area contributed by atoms with Crippen molar-refractivity contribution in [3.63, 3.8) is 0 Å². The summed E-state index contributed by atoms with van der Waals surface area (Å²) >= 11 is 0. The summed E-state index contributed by atoms with van der Waals surface area (Å²) in [4.78, 5) is 11.4. The summed E-state index contributed by atoms with van der Waals surface area (Å²) in [6.45, 7) is 3.91. The van der Waals surface area contributed by atoms with Crippen molar-refractivity contribution in [2.24, 2.45) is 0 Å². The molecule has 4 heteroatoms. The Hall–Kier alpha value is -0.870. The number of hydrogen-bond acceptors (Lipinski definition) is 3. The van der Waals surface area contributed by atoms with Gasteiger partial charge >= 0.3 is 0 Å². The van der Waals surface area contributed by atoms with Crippen LogP contribution in [0.3, 0.4) is 0 Å². The lowest BCUT2D eigenvalue weighted by molar-refractivity contribution is -0.120. The Morgan fingerprint density at radius 1 is 1.00 bits per heavy atom. The highest BCUT2D eigenvalue weighted by atomic mass is 16.2. The number of aliphatic hydroxyl groups is 1. The van der Waals surface area contributed by atoms with E-state index in [4.69, 9.17) is 5.11 Å². The van der Waals surface area contributed by atoms with Crippen LogP contribution >= 0.6 is 0 Å². The first-order valence-electron chi connectivity index (χ1n) is 8.04. The van der Waals surface area contributed by atoms with Crippen LogP contribution in [0, 0.1) is 0 Å². The summed E-state index contributed by atoms with van der Waals surface area (Å²) in [6, 6.07) is 0. The zero-order valence-electron chi connectivity index (χ0n) is 13.0. The molecule has 4 nitrogen and oxygen atoms in total. The second-order valence-corrected chi connectivity index (χ2v) is 5.06. The predicted octanol–water partition coefficient (Wildman–Crippen LogP) is 2.73. The molecule has 0 aliphatic carbocycles. The van der Waals surface area contributed by atoms with Crippen LogP contribution in [0.4, 0.5) is 0 Å². The van der Waals surface area contributed by atoms with E-state index in [2.05, 4.69) is 17.6 Å². The fraction of sp³-hybridized carbons (Fsp3) is 0.812. The maximum absolute atomic E-state index is 11.4. The SMILES string of the molecule is CC/C=C/CC(=O)NCNCCCCCCCCCO. The fourth-order valence-electron chi connectivity index (χ4n) is 1.92. The van der Waals surface area contributed by atoms with Gasteiger partial charge in [0.25, 0.3) is 0 Å². The van der Waals surface area contributed by atoms with Crippen molar-refractivity contribution in [2.75, 3.05) is 19.8 Å². The van der Waals surface area contributed by atoms with E-state index >= 15 is 0 Å². The average molecular weight is 284 g/mol. The van der Waals surface area contributed by atoms with Crippen molar-refractivity contribution in [3.8, 4) is 0 Å². The summed E-state index contributed by atoms with van der Waals surface area (Å²) in [5, 5.41) is 14.7. The van der Waals surface area contributed by atoms with E-state index in [1.165, 1.54) is 25.7 Å². The van der Waals surface area contributed by atoms with Gasteiger partial charge in [0.1, 0.15) is 0 Å². The van der Waals surface area contributed by atoms with Gasteiger partial charge in [0.2, 0.25) is 5.91 Å². The van der Waals surface area contributed by atoms with E-state index < -0.39 is 0 Å². The summed E-state index contributed by atoms with van der Waals surface area (Å²) in [7, 11) is 0. The van der Waals surface area contributed by atoms with Gasteiger partial charge in [-0.2, -0.15) is 0 Å². The number of hydrogen-bond donors (Lipinski definition) is 3. The van der Waals surface area contributed by atoms with Gasteiger partial charge in [-0.05, 0) is 25.8 Å².